The van der Waals surface area contributed by atoms with Crippen molar-refractivity contribution < 1.29 is 9.47 Å². The average molecular weight is 408 g/mol. The van der Waals surface area contributed by atoms with Gasteiger partial charge in [0.15, 0.2) is 16.6 Å². The molecule has 0 bridgehead atoms. The molecular weight excluding hydrogens is 370 g/mol. The van der Waals surface area contributed by atoms with Crippen LogP contribution in [-0.2, 0) is 0 Å². The summed E-state index contributed by atoms with van der Waals surface area (Å²) >= 11 is 5.25. The molecule has 158 valence electrons. The summed E-state index contributed by atoms with van der Waals surface area (Å²) in [7, 11) is 3.23. The summed E-state index contributed by atoms with van der Waals surface area (Å²) in [4.78, 5) is 0. The summed E-state index contributed by atoms with van der Waals surface area (Å²) < 4.78 is 10.5. The highest BCUT2D eigenvalue weighted by atomic mass is 32.1. The molecular formula is C22H37N3O2S. The number of hydrazone groups is 1. The molecule has 0 fully saturated rings. The van der Waals surface area contributed by atoms with Crippen molar-refractivity contribution in [3.05, 3.63) is 23.8 Å². The first-order valence-electron chi connectivity index (χ1n) is 10.5. The Bertz CT molecular complexity index is 579. The summed E-state index contributed by atoms with van der Waals surface area (Å²) in [6, 6.07) is 5.62. The van der Waals surface area contributed by atoms with Crippen molar-refractivity contribution in [3.8, 4) is 11.5 Å². The minimum Gasteiger partial charge on any atom is -0.493 e. The van der Waals surface area contributed by atoms with Crippen LogP contribution in [0.1, 0.15) is 76.7 Å². The molecule has 0 atom stereocenters. The minimum atomic E-state index is 0.549. The fourth-order valence-corrected chi connectivity index (χ4v) is 3.11. The molecule has 0 radical (unpaired) electrons. The van der Waals surface area contributed by atoms with Crippen LogP contribution < -0.4 is 20.2 Å². The lowest BCUT2D eigenvalue weighted by Crippen LogP contribution is -2.32. The summed E-state index contributed by atoms with van der Waals surface area (Å²) in [5.74, 6) is 1.37. The topological polar surface area (TPSA) is 54.9 Å². The highest BCUT2D eigenvalue weighted by Crippen LogP contribution is 2.26. The van der Waals surface area contributed by atoms with Crippen molar-refractivity contribution in [3.63, 3.8) is 0 Å². The van der Waals surface area contributed by atoms with Crippen molar-refractivity contribution in [2.24, 2.45) is 5.10 Å². The fraction of sp³-hybridized carbons (Fsp3) is 0.636. The Morgan fingerprint density at radius 3 is 2.14 bits per heavy atom. The van der Waals surface area contributed by atoms with E-state index in [-0.39, 0.29) is 0 Å². The molecule has 6 heteroatoms. The van der Waals surface area contributed by atoms with Crippen molar-refractivity contribution in [1.29, 1.82) is 0 Å². The zero-order valence-electron chi connectivity index (χ0n) is 17.8. The maximum Gasteiger partial charge on any atom is 0.186 e. The normalized spacial score (nSPS) is 10.8. The van der Waals surface area contributed by atoms with Gasteiger partial charge in [-0.3, -0.25) is 5.43 Å². The first-order valence-corrected chi connectivity index (χ1v) is 10.9. The molecule has 0 aliphatic heterocycles. The number of thiocarbonyl (C=S) groups is 1. The van der Waals surface area contributed by atoms with Gasteiger partial charge in [-0.15, -0.1) is 0 Å². The summed E-state index contributed by atoms with van der Waals surface area (Å²) in [5, 5.41) is 7.91. The molecule has 0 aromatic heterocycles. The molecule has 0 spiro atoms. The van der Waals surface area contributed by atoms with E-state index in [9.17, 15) is 0 Å². The predicted molar refractivity (Wildman–Crippen MR) is 123 cm³/mol. The van der Waals surface area contributed by atoms with Crippen LogP contribution >= 0.6 is 12.2 Å². The number of nitrogens with zero attached hydrogens (tertiary/aromatic N) is 1. The molecule has 0 amide bonds. The first-order chi connectivity index (χ1) is 13.7. The lowest BCUT2D eigenvalue weighted by molar-refractivity contribution is 0.355. The highest BCUT2D eigenvalue weighted by Gasteiger charge is 2.03. The number of rotatable bonds is 15. The Labute approximate surface area is 176 Å². The predicted octanol–water partition coefficient (Wildman–Crippen LogP) is 5.42. The van der Waals surface area contributed by atoms with Crippen molar-refractivity contribution in [2.45, 2.75) is 71.1 Å². The van der Waals surface area contributed by atoms with E-state index < -0.39 is 0 Å². The van der Waals surface area contributed by atoms with Gasteiger partial charge in [0.25, 0.3) is 0 Å². The average Bonchev–Trinajstić information content (AvgIpc) is 2.71. The van der Waals surface area contributed by atoms with Crippen LogP contribution in [0.3, 0.4) is 0 Å². The molecule has 0 aliphatic carbocycles. The number of hydrogen-bond acceptors (Lipinski definition) is 4. The molecule has 0 saturated heterocycles. The van der Waals surface area contributed by atoms with Crippen molar-refractivity contribution in [2.75, 3.05) is 20.8 Å². The molecule has 0 unspecified atom stereocenters. The SMILES string of the molecule is CCCCCCCCCCCCNC(=S)N/N=C/c1ccc(OC)c(OC)c1. The Balaban J connectivity index is 2.07. The van der Waals surface area contributed by atoms with E-state index in [2.05, 4.69) is 22.8 Å². The number of methoxy groups -OCH3 is 2. The first kappa shape index (κ1) is 24.2. The van der Waals surface area contributed by atoms with Crippen LogP contribution in [0.15, 0.2) is 23.3 Å². The Hall–Kier alpha value is -1.82. The number of benzene rings is 1. The maximum atomic E-state index is 5.28. The Morgan fingerprint density at radius 2 is 1.54 bits per heavy atom. The van der Waals surface area contributed by atoms with E-state index in [4.69, 9.17) is 21.7 Å². The quantitative estimate of drug-likeness (QED) is 0.176. The van der Waals surface area contributed by atoms with E-state index in [1.807, 2.05) is 18.2 Å². The zero-order chi connectivity index (χ0) is 20.5. The van der Waals surface area contributed by atoms with Gasteiger partial charge < -0.3 is 14.8 Å². The molecule has 1 aromatic rings. The minimum absolute atomic E-state index is 0.549. The third kappa shape index (κ3) is 11.1. The van der Waals surface area contributed by atoms with Gasteiger partial charge in [0.2, 0.25) is 0 Å². The van der Waals surface area contributed by atoms with Gasteiger partial charge in [-0.05, 0) is 42.4 Å². The molecule has 0 saturated carbocycles. The lowest BCUT2D eigenvalue weighted by atomic mass is 10.1. The second-order valence-corrected chi connectivity index (χ2v) is 7.33. The Kier molecular flexibility index (Phi) is 14.0. The van der Waals surface area contributed by atoms with Gasteiger partial charge in [-0.2, -0.15) is 5.10 Å². The van der Waals surface area contributed by atoms with Crippen LogP contribution in [0, 0.1) is 0 Å². The molecule has 1 rings (SSSR count). The van der Waals surface area contributed by atoms with Gasteiger partial charge in [-0.1, -0.05) is 64.7 Å². The van der Waals surface area contributed by atoms with Gasteiger partial charge in [0, 0.05) is 6.54 Å². The number of nitrogens with one attached hydrogen (secondary N) is 2. The fourth-order valence-electron chi connectivity index (χ4n) is 2.95. The van der Waals surface area contributed by atoms with Crippen LogP contribution in [0.5, 0.6) is 11.5 Å². The standard InChI is InChI=1S/C22H37N3O2S/c1-4-5-6-7-8-9-10-11-12-13-16-23-22(28)25-24-18-19-14-15-20(26-2)21(17-19)27-3/h14-15,17-18H,4-13,16H2,1-3H3,(H2,23,25,28)/b24-18+. The van der Waals surface area contributed by atoms with Gasteiger partial charge in [0.1, 0.15) is 0 Å². The summed E-state index contributed by atoms with van der Waals surface area (Å²) in [6.07, 6.45) is 15.0. The second kappa shape index (κ2) is 16.2. The summed E-state index contributed by atoms with van der Waals surface area (Å²) in [6.45, 7) is 3.15. The number of hydrogen-bond donors (Lipinski definition) is 2. The molecule has 1 aromatic carbocycles. The molecule has 28 heavy (non-hydrogen) atoms. The second-order valence-electron chi connectivity index (χ2n) is 6.92. The van der Waals surface area contributed by atoms with E-state index in [0.29, 0.717) is 16.6 Å². The third-order valence-corrected chi connectivity index (χ3v) is 4.84. The van der Waals surface area contributed by atoms with Gasteiger partial charge >= 0.3 is 0 Å². The number of ether oxygens (including phenoxy) is 2. The van der Waals surface area contributed by atoms with Crippen LogP contribution in [0.4, 0.5) is 0 Å². The van der Waals surface area contributed by atoms with Crippen LogP contribution in [-0.4, -0.2) is 32.1 Å². The maximum absolute atomic E-state index is 5.28. The smallest absolute Gasteiger partial charge is 0.186 e. The molecule has 0 aliphatic rings. The van der Waals surface area contributed by atoms with Crippen LogP contribution in [0.25, 0.3) is 0 Å². The largest absolute Gasteiger partial charge is 0.493 e. The van der Waals surface area contributed by atoms with Gasteiger partial charge in [0.05, 0.1) is 20.4 Å². The molecule has 5 nitrogen and oxygen atoms in total. The van der Waals surface area contributed by atoms with E-state index >= 15 is 0 Å². The molecule has 2 N–H and O–H groups in total. The number of unbranched alkanes of at least 4 members (excludes halogenated alkanes) is 9. The zero-order valence-corrected chi connectivity index (χ0v) is 18.6. The van der Waals surface area contributed by atoms with E-state index in [1.54, 1.807) is 20.4 Å². The van der Waals surface area contributed by atoms with E-state index in [1.165, 1.54) is 57.8 Å². The van der Waals surface area contributed by atoms with Crippen LogP contribution in [0.2, 0.25) is 0 Å². The Morgan fingerprint density at radius 1 is 0.929 bits per heavy atom. The van der Waals surface area contributed by atoms with Gasteiger partial charge in [-0.25, -0.2) is 0 Å². The lowest BCUT2D eigenvalue weighted by Gasteiger charge is -2.08. The summed E-state index contributed by atoms with van der Waals surface area (Å²) in [5.41, 5.74) is 3.76. The van der Waals surface area contributed by atoms with Crippen molar-refractivity contribution in [1.82, 2.24) is 10.7 Å². The highest BCUT2D eigenvalue weighted by molar-refractivity contribution is 7.80. The third-order valence-electron chi connectivity index (χ3n) is 4.60. The molecule has 0 heterocycles. The monoisotopic (exact) mass is 407 g/mol. The van der Waals surface area contributed by atoms with Crippen molar-refractivity contribution >= 4 is 23.5 Å². The van der Waals surface area contributed by atoms with E-state index in [0.717, 1.165) is 18.5 Å².